The van der Waals surface area contributed by atoms with Crippen molar-refractivity contribution in [3.63, 3.8) is 0 Å². The lowest BCUT2D eigenvalue weighted by atomic mass is 10.2. The van der Waals surface area contributed by atoms with Crippen molar-refractivity contribution >= 4 is 34.7 Å². The van der Waals surface area contributed by atoms with E-state index in [4.69, 9.17) is 4.74 Å². The molecule has 0 atom stereocenters. The number of rotatable bonds is 4. The summed E-state index contributed by atoms with van der Waals surface area (Å²) in [5.41, 5.74) is 1.60. The molecule has 27 heavy (non-hydrogen) atoms. The van der Waals surface area contributed by atoms with Gasteiger partial charge in [-0.25, -0.2) is 9.37 Å². The number of aromatic nitrogens is 2. The summed E-state index contributed by atoms with van der Waals surface area (Å²) in [6.45, 7) is -0.0229. The second-order valence-electron chi connectivity index (χ2n) is 5.74. The smallest absolute Gasteiger partial charge is 0.262 e. The van der Waals surface area contributed by atoms with Gasteiger partial charge in [0.15, 0.2) is 18.2 Å². The number of halogens is 1. The minimum atomic E-state index is -0.644. The fourth-order valence-electron chi connectivity index (χ4n) is 2.53. The number of anilines is 5. The van der Waals surface area contributed by atoms with E-state index in [-0.39, 0.29) is 30.0 Å². The van der Waals surface area contributed by atoms with Gasteiger partial charge >= 0.3 is 0 Å². The molecule has 1 aliphatic heterocycles. The number of nitrogens with zero attached hydrogens (tertiary/aromatic N) is 2. The Morgan fingerprint density at radius 3 is 2.85 bits per heavy atom. The summed E-state index contributed by atoms with van der Waals surface area (Å²) in [6.07, 6.45) is 1.03. The summed E-state index contributed by atoms with van der Waals surface area (Å²) >= 11 is 0. The molecule has 4 N–H and O–H groups in total. The van der Waals surface area contributed by atoms with Crippen molar-refractivity contribution in [2.45, 2.75) is 0 Å². The number of benzene rings is 2. The van der Waals surface area contributed by atoms with E-state index in [9.17, 15) is 14.3 Å². The van der Waals surface area contributed by atoms with Crippen molar-refractivity contribution in [2.75, 3.05) is 22.6 Å². The average Bonchev–Trinajstić information content (AvgIpc) is 2.64. The van der Waals surface area contributed by atoms with Gasteiger partial charge in [-0.1, -0.05) is 6.07 Å². The Bertz CT molecular complexity index is 1030. The van der Waals surface area contributed by atoms with Crippen LogP contribution in [0.2, 0.25) is 0 Å². The topological polar surface area (TPSA) is 108 Å². The molecule has 3 aromatic rings. The number of carbonyl (C=O) groups is 1. The average molecular weight is 367 g/mol. The Hall–Kier alpha value is -3.88. The van der Waals surface area contributed by atoms with E-state index in [1.165, 1.54) is 12.1 Å². The predicted molar refractivity (Wildman–Crippen MR) is 97.2 cm³/mol. The van der Waals surface area contributed by atoms with Crippen LogP contribution in [0.25, 0.3) is 0 Å². The first-order valence-electron chi connectivity index (χ1n) is 7.99. The Morgan fingerprint density at radius 1 is 1.15 bits per heavy atom. The SMILES string of the molecule is O=C1COc2ccc(Nc3ncc(F)c(Nc4cccc(O)c4)n3)cc2N1. The molecule has 0 spiro atoms. The first-order chi connectivity index (χ1) is 13.1. The predicted octanol–water partition coefficient (Wildman–Crippen LogP) is 3.14. The summed E-state index contributed by atoms with van der Waals surface area (Å²) in [5, 5.41) is 18.0. The third-order valence-electron chi connectivity index (χ3n) is 3.72. The summed E-state index contributed by atoms with van der Waals surface area (Å²) < 4.78 is 19.3. The number of fused-ring (bicyclic) bond motifs is 1. The summed E-state index contributed by atoms with van der Waals surface area (Å²) in [5.74, 6) is -0.169. The summed E-state index contributed by atoms with van der Waals surface area (Å²) in [7, 11) is 0. The van der Waals surface area contributed by atoms with E-state index in [1.54, 1.807) is 30.3 Å². The van der Waals surface area contributed by atoms with Gasteiger partial charge < -0.3 is 25.8 Å². The van der Waals surface area contributed by atoms with Gasteiger partial charge in [0, 0.05) is 17.4 Å². The molecular formula is C18H14FN5O3. The third kappa shape index (κ3) is 3.71. The lowest BCUT2D eigenvalue weighted by Crippen LogP contribution is -2.25. The zero-order valence-corrected chi connectivity index (χ0v) is 13.9. The molecule has 0 aliphatic carbocycles. The summed E-state index contributed by atoms with van der Waals surface area (Å²) in [6, 6.07) is 11.3. The van der Waals surface area contributed by atoms with Crippen LogP contribution in [0.4, 0.5) is 33.2 Å². The fraction of sp³-hybridized carbons (Fsp3) is 0.0556. The van der Waals surface area contributed by atoms with Crippen LogP contribution in [0.5, 0.6) is 11.5 Å². The van der Waals surface area contributed by atoms with Crippen molar-refractivity contribution in [3.8, 4) is 11.5 Å². The molecule has 2 aromatic carbocycles. The molecule has 4 rings (SSSR count). The van der Waals surface area contributed by atoms with Crippen molar-refractivity contribution in [3.05, 3.63) is 54.5 Å². The van der Waals surface area contributed by atoms with E-state index >= 15 is 0 Å². The van der Waals surface area contributed by atoms with Crippen LogP contribution in [0.15, 0.2) is 48.7 Å². The number of aromatic hydroxyl groups is 1. The molecule has 0 unspecified atom stereocenters. The highest BCUT2D eigenvalue weighted by molar-refractivity contribution is 5.96. The van der Waals surface area contributed by atoms with Gasteiger partial charge in [-0.3, -0.25) is 4.79 Å². The van der Waals surface area contributed by atoms with Crippen LogP contribution in [-0.2, 0) is 4.79 Å². The number of nitrogens with one attached hydrogen (secondary N) is 3. The monoisotopic (exact) mass is 367 g/mol. The number of hydrogen-bond donors (Lipinski definition) is 4. The summed E-state index contributed by atoms with van der Waals surface area (Å²) in [4.78, 5) is 19.5. The maximum Gasteiger partial charge on any atom is 0.262 e. The van der Waals surface area contributed by atoms with E-state index in [0.717, 1.165) is 6.20 Å². The Labute approximate surface area is 153 Å². The van der Waals surface area contributed by atoms with Crippen LogP contribution in [0.1, 0.15) is 0 Å². The van der Waals surface area contributed by atoms with E-state index in [0.29, 0.717) is 22.8 Å². The standard InChI is InChI=1S/C18H14FN5O3/c19-13-8-20-18(24-17(13)21-10-2-1-3-12(25)6-10)22-11-4-5-15-14(7-11)23-16(26)9-27-15/h1-8,25H,9H2,(H,23,26)(H2,20,21,22,24). The van der Waals surface area contributed by atoms with Gasteiger partial charge in [-0.15, -0.1) is 0 Å². The quantitative estimate of drug-likeness (QED) is 0.561. The largest absolute Gasteiger partial charge is 0.508 e. The Morgan fingerprint density at radius 2 is 2.00 bits per heavy atom. The Kier molecular flexibility index (Phi) is 4.17. The number of amides is 1. The van der Waals surface area contributed by atoms with Gasteiger partial charge in [-0.05, 0) is 30.3 Å². The molecule has 0 saturated carbocycles. The molecule has 1 aliphatic rings. The van der Waals surface area contributed by atoms with Gasteiger partial charge in [-0.2, -0.15) is 4.98 Å². The van der Waals surface area contributed by atoms with Crippen molar-refractivity contribution in [1.29, 1.82) is 0 Å². The highest BCUT2D eigenvalue weighted by Gasteiger charge is 2.16. The highest BCUT2D eigenvalue weighted by atomic mass is 19.1. The van der Waals surface area contributed by atoms with E-state index < -0.39 is 5.82 Å². The normalized spacial score (nSPS) is 12.6. The third-order valence-corrected chi connectivity index (χ3v) is 3.72. The second-order valence-corrected chi connectivity index (χ2v) is 5.74. The molecule has 0 fully saturated rings. The fourth-order valence-corrected chi connectivity index (χ4v) is 2.53. The molecule has 8 nitrogen and oxygen atoms in total. The second kappa shape index (κ2) is 6.79. The zero-order chi connectivity index (χ0) is 18.8. The first kappa shape index (κ1) is 16.6. The lowest BCUT2D eigenvalue weighted by Gasteiger charge is -2.18. The van der Waals surface area contributed by atoms with Gasteiger partial charge in [0.2, 0.25) is 5.95 Å². The van der Waals surface area contributed by atoms with Crippen LogP contribution < -0.4 is 20.7 Å². The highest BCUT2D eigenvalue weighted by Crippen LogP contribution is 2.31. The zero-order valence-electron chi connectivity index (χ0n) is 13.9. The number of carbonyl (C=O) groups excluding carboxylic acids is 1. The number of ether oxygens (including phenoxy) is 1. The van der Waals surface area contributed by atoms with Gasteiger partial charge in [0.1, 0.15) is 11.5 Å². The van der Waals surface area contributed by atoms with E-state index in [1.807, 2.05) is 0 Å². The van der Waals surface area contributed by atoms with Gasteiger partial charge in [0.05, 0.1) is 11.9 Å². The molecule has 1 aromatic heterocycles. The van der Waals surface area contributed by atoms with Gasteiger partial charge in [0.25, 0.3) is 5.91 Å². The first-order valence-corrected chi connectivity index (χ1v) is 7.99. The number of phenols is 1. The molecule has 1 amide bonds. The number of hydrogen-bond acceptors (Lipinski definition) is 7. The van der Waals surface area contributed by atoms with Crippen LogP contribution in [0.3, 0.4) is 0 Å². The molecule has 0 bridgehead atoms. The molecule has 2 heterocycles. The lowest BCUT2D eigenvalue weighted by molar-refractivity contribution is -0.118. The van der Waals surface area contributed by atoms with Crippen molar-refractivity contribution in [2.24, 2.45) is 0 Å². The molecule has 0 radical (unpaired) electrons. The van der Waals surface area contributed by atoms with Crippen molar-refractivity contribution in [1.82, 2.24) is 9.97 Å². The minimum absolute atomic E-state index is 0.0229. The molecule has 9 heteroatoms. The maximum atomic E-state index is 14.0. The minimum Gasteiger partial charge on any atom is -0.508 e. The van der Waals surface area contributed by atoms with Crippen LogP contribution >= 0.6 is 0 Å². The van der Waals surface area contributed by atoms with Crippen molar-refractivity contribution < 1.29 is 19.0 Å². The van der Waals surface area contributed by atoms with Crippen LogP contribution in [-0.4, -0.2) is 27.6 Å². The Balaban J connectivity index is 1.56. The van der Waals surface area contributed by atoms with E-state index in [2.05, 4.69) is 25.9 Å². The molecule has 0 saturated heterocycles. The van der Waals surface area contributed by atoms with Crippen LogP contribution in [0, 0.1) is 5.82 Å². The number of phenolic OH excluding ortho intramolecular Hbond substituents is 1. The molecular weight excluding hydrogens is 353 g/mol. The maximum absolute atomic E-state index is 14.0. The molecule has 136 valence electrons.